The van der Waals surface area contributed by atoms with E-state index < -0.39 is 23.7 Å². The molecule has 0 fully saturated rings. The molecule has 0 aliphatic carbocycles. The van der Waals surface area contributed by atoms with Crippen LogP contribution in [-0.4, -0.2) is 39.2 Å². The van der Waals surface area contributed by atoms with Crippen LogP contribution in [0.25, 0.3) is 0 Å². The van der Waals surface area contributed by atoms with Crippen molar-refractivity contribution < 1.29 is 32.2 Å². The second kappa shape index (κ2) is 11.3. The fourth-order valence-corrected chi connectivity index (χ4v) is 3.23. The SMILES string of the molecule is COc1cc(OC)cc(C(=O)NCCN(C(=O)Nc2ccccc2)c2cccc(C(F)(F)F)c2)c1. The molecule has 0 saturated heterocycles. The van der Waals surface area contributed by atoms with Gasteiger partial charge in [0.25, 0.3) is 5.91 Å². The van der Waals surface area contributed by atoms with Crippen molar-refractivity contribution in [3.8, 4) is 11.5 Å². The van der Waals surface area contributed by atoms with Gasteiger partial charge in [-0.25, -0.2) is 4.79 Å². The molecule has 3 aromatic carbocycles. The van der Waals surface area contributed by atoms with Crippen LogP contribution in [-0.2, 0) is 6.18 Å². The molecule has 0 aliphatic rings. The van der Waals surface area contributed by atoms with Crippen LogP contribution < -0.4 is 25.0 Å². The molecule has 0 aromatic heterocycles. The van der Waals surface area contributed by atoms with E-state index in [4.69, 9.17) is 9.47 Å². The maximum Gasteiger partial charge on any atom is 0.416 e. The Morgan fingerprint density at radius 1 is 0.886 bits per heavy atom. The van der Waals surface area contributed by atoms with E-state index in [0.717, 1.165) is 17.0 Å². The van der Waals surface area contributed by atoms with Gasteiger partial charge in [-0.1, -0.05) is 24.3 Å². The van der Waals surface area contributed by atoms with Crippen LogP contribution in [0.4, 0.5) is 29.3 Å². The summed E-state index contributed by atoms with van der Waals surface area (Å²) in [5.41, 5.74) is -0.117. The average Bonchev–Trinajstić information content (AvgIpc) is 2.86. The van der Waals surface area contributed by atoms with Crippen LogP contribution in [0.5, 0.6) is 11.5 Å². The van der Waals surface area contributed by atoms with Crippen molar-refractivity contribution in [1.29, 1.82) is 0 Å². The lowest BCUT2D eigenvalue weighted by Crippen LogP contribution is -2.41. The first-order valence-corrected chi connectivity index (χ1v) is 10.5. The summed E-state index contributed by atoms with van der Waals surface area (Å²) in [6.45, 7) is -0.121. The van der Waals surface area contributed by atoms with Gasteiger partial charge in [-0.3, -0.25) is 9.69 Å². The third kappa shape index (κ3) is 6.89. The Balaban J connectivity index is 1.78. The average molecular weight is 487 g/mol. The summed E-state index contributed by atoms with van der Waals surface area (Å²) in [6, 6.07) is 16.9. The zero-order chi connectivity index (χ0) is 25.4. The number of anilines is 2. The number of alkyl halides is 3. The molecule has 2 N–H and O–H groups in total. The molecule has 7 nitrogen and oxygen atoms in total. The van der Waals surface area contributed by atoms with Gasteiger partial charge in [0.05, 0.1) is 19.8 Å². The molecule has 0 bridgehead atoms. The first kappa shape index (κ1) is 25.4. The van der Waals surface area contributed by atoms with E-state index in [-0.39, 0.29) is 24.3 Å². The normalized spacial score (nSPS) is 10.9. The van der Waals surface area contributed by atoms with E-state index >= 15 is 0 Å². The molecule has 35 heavy (non-hydrogen) atoms. The molecule has 10 heteroatoms. The molecular formula is C25H24F3N3O4. The summed E-state index contributed by atoms with van der Waals surface area (Å²) >= 11 is 0. The van der Waals surface area contributed by atoms with E-state index in [1.165, 1.54) is 38.5 Å². The Morgan fingerprint density at radius 3 is 2.14 bits per heavy atom. The molecular weight excluding hydrogens is 463 g/mol. The van der Waals surface area contributed by atoms with Gasteiger partial charge in [-0.2, -0.15) is 13.2 Å². The number of hydrogen-bond donors (Lipinski definition) is 2. The number of benzene rings is 3. The molecule has 0 atom stereocenters. The molecule has 0 radical (unpaired) electrons. The van der Waals surface area contributed by atoms with Crippen LogP contribution >= 0.6 is 0 Å². The number of nitrogens with zero attached hydrogens (tertiary/aromatic N) is 1. The molecule has 0 spiro atoms. The molecule has 184 valence electrons. The highest BCUT2D eigenvalue weighted by Crippen LogP contribution is 2.32. The summed E-state index contributed by atoms with van der Waals surface area (Å²) in [7, 11) is 2.91. The summed E-state index contributed by atoms with van der Waals surface area (Å²) in [5, 5.41) is 5.33. The Hall–Kier alpha value is -4.21. The van der Waals surface area contributed by atoms with Gasteiger partial charge in [0.1, 0.15) is 11.5 Å². The van der Waals surface area contributed by atoms with Gasteiger partial charge < -0.3 is 20.1 Å². The zero-order valence-corrected chi connectivity index (χ0v) is 19.1. The van der Waals surface area contributed by atoms with Gasteiger partial charge in [-0.15, -0.1) is 0 Å². The van der Waals surface area contributed by atoms with E-state index in [1.807, 2.05) is 0 Å². The standard InChI is InChI=1S/C25H24F3N3O4/c1-34-21-13-17(14-22(16-21)35-2)23(32)29-11-12-31(24(33)30-19-8-4-3-5-9-19)20-10-6-7-18(15-20)25(26,27)28/h3-10,13-16H,11-12H2,1-2H3,(H,29,32)(H,30,33). The number of methoxy groups -OCH3 is 2. The highest BCUT2D eigenvalue weighted by molar-refractivity contribution is 6.02. The van der Waals surface area contributed by atoms with E-state index in [0.29, 0.717) is 17.2 Å². The number of rotatable bonds is 8. The largest absolute Gasteiger partial charge is 0.497 e. The Bertz CT molecular complexity index is 1150. The minimum Gasteiger partial charge on any atom is -0.497 e. The molecule has 3 aromatic rings. The quantitative estimate of drug-likeness (QED) is 0.458. The third-order valence-electron chi connectivity index (χ3n) is 4.99. The van der Waals surface area contributed by atoms with Crippen molar-refractivity contribution in [1.82, 2.24) is 5.32 Å². The van der Waals surface area contributed by atoms with Crippen LogP contribution in [0.15, 0.2) is 72.8 Å². The van der Waals surface area contributed by atoms with Crippen molar-refractivity contribution in [3.63, 3.8) is 0 Å². The number of nitrogens with one attached hydrogen (secondary N) is 2. The number of ether oxygens (including phenoxy) is 2. The number of halogens is 3. The number of para-hydroxylation sites is 1. The Labute approximate surface area is 200 Å². The van der Waals surface area contributed by atoms with Crippen LogP contribution in [0, 0.1) is 0 Å². The molecule has 3 rings (SSSR count). The zero-order valence-electron chi connectivity index (χ0n) is 19.1. The smallest absolute Gasteiger partial charge is 0.416 e. The predicted molar refractivity (Wildman–Crippen MR) is 126 cm³/mol. The van der Waals surface area contributed by atoms with E-state index in [1.54, 1.807) is 36.4 Å². The van der Waals surface area contributed by atoms with Crippen molar-refractivity contribution in [2.24, 2.45) is 0 Å². The Kier molecular flexibility index (Phi) is 8.19. The minimum absolute atomic E-state index is 0.0309. The van der Waals surface area contributed by atoms with Crippen LogP contribution in [0.2, 0.25) is 0 Å². The first-order chi connectivity index (χ1) is 16.7. The van der Waals surface area contributed by atoms with E-state index in [2.05, 4.69) is 10.6 Å². The summed E-state index contributed by atoms with van der Waals surface area (Å²) in [5.74, 6) is 0.374. The second-order valence-electron chi connectivity index (χ2n) is 7.35. The minimum atomic E-state index is -4.57. The molecule has 0 heterocycles. The van der Waals surface area contributed by atoms with Crippen molar-refractivity contribution >= 4 is 23.3 Å². The van der Waals surface area contributed by atoms with Gasteiger partial charge in [-0.05, 0) is 42.5 Å². The lowest BCUT2D eigenvalue weighted by Gasteiger charge is -2.24. The highest BCUT2D eigenvalue weighted by atomic mass is 19.4. The van der Waals surface area contributed by atoms with Crippen molar-refractivity contribution in [2.75, 3.05) is 37.5 Å². The first-order valence-electron chi connectivity index (χ1n) is 10.5. The third-order valence-corrected chi connectivity index (χ3v) is 4.99. The van der Waals surface area contributed by atoms with Gasteiger partial charge >= 0.3 is 12.2 Å². The second-order valence-corrected chi connectivity index (χ2v) is 7.35. The molecule has 0 aliphatic heterocycles. The van der Waals surface area contributed by atoms with E-state index in [9.17, 15) is 22.8 Å². The van der Waals surface area contributed by atoms with Gasteiger partial charge in [0, 0.05) is 36.1 Å². The topological polar surface area (TPSA) is 79.9 Å². The predicted octanol–water partition coefficient (Wildman–Crippen LogP) is 5.19. The number of amides is 3. The monoisotopic (exact) mass is 487 g/mol. The van der Waals surface area contributed by atoms with Gasteiger partial charge in [0.2, 0.25) is 0 Å². The number of hydrogen-bond acceptors (Lipinski definition) is 4. The van der Waals surface area contributed by atoms with Crippen LogP contribution in [0.1, 0.15) is 15.9 Å². The summed E-state index contributed by atoms with van der Waals surface area (Å²) < 4.78 is 50.1. The number of carbonyl (C=O) groups excluding carboxylic acids is 2. The molecule has 0 unspecified atom stereocenters. The lowest BCUT2D eigenvalue weighted by atomic mass is 10.1. The highest BCUT2D eigenvalue weighted by Gasteiger charge is 2.31. The fraction of sp³-hybridized carbons (Fsp3) is 0.200. The van der Waals surface area contributed by atoms with Crippen molar-refractivity contribution in [3.05, 3.63) is 83.9 Å². The fourth-order valence-electron chi connectivity index (χ4n) is 3.23. The number of carbonyl (C=O) groups is 2. The summed E-state index contributed by atoms with van der Waals surface area (Å²) in [6.07, 6.45) is -4.57. The number of urea groups is 1. The Morgan fingerprint density at radius 2 is 1.54 bits per heavy atom. The molecule has 3 amide bonds. The maximum atomic E-state index is 13.3. The van der Waals surface area contributed by atoms with Crippen LogP contribution in [0.3, 0.4) is 0 Å². The van der Waals surface area contributed by atoms with Gasteiger partial charge in [0.15, 0.2) is 0 Å². The summed E-state index contributed by atoms with van der Waals surface area (Å²) in [4.78, 5) is 26.8. The lowest BCUT2D eigenvalue weighted by molar-refractivity contribution is -0.137. The van der Waals surface area contributed by atoms with Crippen molar-refractivity contribution in [2.45, 2.75) is 6.18 Å². The maximum absolute atomic E-state index is 13.3. The molecule has 0 saturated carbocycles.